The Kier molecular flexibility index (Phi) is 8.94. The third-order valence-corrected chi connectivity index (χ3v) is 3.32. The van der Waals surface area contributed by atoms with E-state index in [9.17, 15) is 0 Å². The van der Waals surface area contributed by atoms with E-state index in [0.29, 0.717) is 12.0 Å². The number of rotatable bonds is 4. The molecule has 0 saturated carbocycles. The minimum absolute atomic E-state index is 0. The van der Waals surface area contributed by atoms with E-state index < -0.39 is 0 Å². The highest BCUT2D eigenvalue weighted by molar-refractivity contribution is 14.0. The van der Waals surface area contributed by atoms with Crippen LogP contribution in [0.25, 0.3) is 0 Å². The number of halogens is 1. The molecule has 1 heterocycles. The number of nitrogens with one attached hydrogen (secondary N) is 2. The maximum atomic E-state index is 4.14. The van der Waals surface area contributed by atoms with Gasteiger partial charge in [0, 0.05) is 26.7 Å². The fourth-order valence-corrected chi connectivity index (χ4v) is 2.34. The Morgan fingerprint density at radius 1 is 1.29 bits per heavy atom. The molecule has 4 nitrogen and oxygen atoms in total. The monoisotopic (exact) mass is 354 g/mol. The maximum absolute atomic E-state index is 4.14. The summed E-state index contributed by atoms with van der Waals surface area (Å²) in [7, 11) is 3.70. The topological polar surface area (TPSA) is 39.7 Å². The molecule has 1 rings (SSSR count). The molecule has 0 spiro atoms. The summed E-state index contributed by atoms with van der Waals surface area (Å²) in [6, 6.07) is 0.618. The molecule has 1 aliphatic heterocycles. The highest BCUT2D eigenvalue weighted by Crippen LogP contribution is 2.16. The average Bonchev–Trinajstić information content (AvgIpc) is 2.77. The van der Waals surface area contributed by atoms with Crippen LogP contribution in [-0.4, -0.2) is 50.6 Å². The highest BCUT2D eigenvalue weighted by Gasteiger charge is 2.24. The average molecular weight is 354 g/mol. The lowest BCUT2D eigenvalue weighted by molar-refractivity contribution is 0.192. The zero-order valence-electron chi connectivity index (χ0n) is 11.5. The van der Waals surface area contributed by atoms with Crippen LogP contribution in [0.3, 0.4) is 0 Å². The fraction of sp³-hybridized carbons (Fsp3) is 0.917. The van der Waals surface area contributed by atoms with E-state index in [0.717, 1.165) is 12.5 Å². The quantitative estimate of drug-likeness (QED) is 0.457. The van der Waals surface area contributed by atoms with Gasteiger partial charge < -0.3 is 10.6 Å². The largest absolute Gasteiger partial charge is 0.359 e. The highest BCUT2D eigenvalue weighted by atomic mass is 127. The molecule has 1 aliphatic rings. The molecule has 1 saturated heterocycles. The van der Waals surface area contributed by atoms with E-state index in [1.807, 2.05) is 7.05 Å². The third kappa shape index (κ3) is 5.42. The SMILES string of the molecule is CN=C(NC)NCC(C(C)C)N1CCCC1.I. The van der Waals surface area contributed by atoms with E-state index in [2.05, 4.69) is 34.4 Å². The second-order valence-corrected chi connectivity index (χ2v) is 4.76. The van der Waals surface area contributed by atoms with Crippen molar-refractivity contribution < 1.29 is 0 Å². The molecule has 1 atom stereocenters. The second-order valence-electron chi connectivity index (χ2n) is 4.76. The van der Waals surface area contributed by atoms with Gasteiger partial charge >= 0.3 is 0 Å². The lowest BCUT2D eigenvalue weighted by Gasteiger charge is -2.31. The Balaban J connectivity index is 0.00000256. The fourth-order valence-electron chi connectivity index (χ4n) is 2.34. The van der Waals surface area contributed by atoms with Crippen molar-refractivity contribution in [3.63, 3.8) is 0 Å². The smallest absolute Gasteiger partial charge is 0.190 e. The van der Waals surface area contributed by atoms with Crippen molar-refractivity contribution in [3.05, 3.63) is 0 Å². The molecule has 0 aromatic rings. The number of guanidine groups is 1. The number of hydrogen-bond donors (Lipinski definition) is 2. The summed E-state index contributed by atoms with van der Waals surface area (Å²) >= 11 is 0. The Labute approximate surface area is 123 Å². The van der Waals surface area contributed by atoms with Crippen molar-refractivity contribution in [2.24, 2.45) is 10.9 Å². The Bertz CT molecular complexity index is 225. The summed E-state index contributed by atoms with van der Waals surface area (Å²) in [4.78, 5) is 6.74. The molecule has 17 heavy (non-hydrogen) atoms. The first-order valence-corrected chi connectivity index (χ1v) is 6.31. The van der Waals surface area contributed by atoms with Crippen molar-refractivity contribution in [2.45, 2.75) is 32.7 Å². The molecule has 0 aromatic heterocycles. The van der Waals surface area contributed by atoms with Gasteiger partial charge in [-0.3, -0.25) is 9.89 Å². The van der Waals surface area contributed by atoms with Gasteiger partial charge in [0.15, 0.2) is 5.96 Å². The van der Waals surface area contributed by atoms with Crippen LogP contribution in [0.15, 0.2) is 4.99 Å². The van der Waals surface area contributed by atoms with Crippen LogP contribution >= 0.6 is 24.0 Å². The molecule has 102 valence electrons. The van der Waals surface area contributed by atoms with E-state index in [-0.39, 0.29) is 24.0 Å². The molecular formula is C12H27IN4. The van der Waals surface area contributed by atoms with Gasteiger partial charge in [0.25, 0.3) is 0 Å². The van der Waals surface area contributed by atoms with Crippen LogP contribution in [0.2, 0.25) is 0 Å². The van der Waals surface area contributed by atoms with Gasteiger partial charge in [-0.05, 0) is 31.8 Å². The molecule has 0 aromatic carbocycles. The first-order chi connectivity index (χ1) is 7.69. The first kappa shape index (κ1) is 17.0. The Hall–Kier alpha value is -0.0400. The first-order valence-electron chi connectivity index (χ1n) is 6.31. The molecule has 5 heteroatoms. The molecule has 0 bridgehead atoms. The van der Waals surface area contributed by atoms with Crippen molar-refractivity contribution in [1.82, 2.24) is 15.5 Å². The van der Waals surface area contributed by atoms with E-state index >= 15 is 0 Å². The minimum Gasteiger partial charge on any atom is -0.359 e. The van der Waals surface area contributed by atoms with Crippen LogP contribution in [-0.2, 0) is 0 Å². The lowest BCUT2D eigenvalue weighted by atomic mass is 10.0. The molecular weight excluding hydrogens is 327 g/mol. The summed E-state index contributed by atoms with van der Waals surface area (Å²) in [6.45, 7) is 8.08. The van der Waals surface area contributed by atoms with Gasteiger partial charge in [-0.1, -0.05) is 13.8 Å². The summed E-state index contributed by atoms with van der Waals surface area (Å²) in [6.07, 6.45) is 2.70. The van der Waals surface area contributed by atoms with Gasteiger partial charge in [0.1, 0.15) is 0 Å². The van der Waals surface area contributed by atoms with Gasteiger partial charge in [0.05, 0.1) is 0 Å². The zero-order valence-corrected chi connectivity index (χ0v) is 13.8. The third-order valence-electron chi connectivity index (χ3n) is 3.32. The minimum atomic E-state index is 0. The summed E-state index contributed by atoms with van der Waals surface area (Å²) in [5.74, 6) is 1.56. The summed E-state index contributed by atoms with van der Waals surface area (Å²) in [5, 5.41) is 6.43. The normalized spacial score (nSPS) is 19.0. The molecule has 0 amide bonds. The lowest BCUT2D eigenvalue weighted by Crippen LogP contribution is -2.48. The molecule has 0 radical (unpaired) electrons. The van der Waals surface area contributed by atoms with Crippen molar-refractivity contribution in [2.75, 3.05) is 33.7 Å². The van der Waals surface area contributed by atoms with Gasteiger partial charge in [-0.15, -0.1) is 24.0 Å². The molecule has 2 N–H and O–H groups in total. The molecule has 1 unspecified atom stereocenters. The number of aliphatic imine (C=N–C) groups is 1. The van der Waals surface area contributed by atoms with Gasteiger partial charge in [-0.2, -0.15) is 0 Å². The second kappa shape index (κ2) is 8.97. The van der Waals surface area contributed by atoms with Crippen molar-refractivity contribution >= 4 is 29.9 Å². The number of nitrogens with zero attached hydrogens (tertiary/aromatic N) is 2. The van der Waals surface area contributed by atoms with Crippen LogP contribution < -0.4 is 10.6 Å². The predicted octanol–water partition coefficient (Wildman–Crippen LogP) is 1.52. The van der Waals surface area contributed by atoms with E-state index in [1.54, 1.807) is 7.05 Å². The maximum Gasteiger partial charge on any atom is 0.190 e. The standard InChI is InChI=1S/C12H26N4.HI/c1-10(2)11(16-7-5-6-8-16)9-15-12(13-3)14-4;/h10-11H,5-9H2,1-4H3,(H2,13,14,15);1H. The van der Waals surface area contributed by atoms with Crippen molar-refractivity contribution in [3.8, 4) is 0 Å². The van der Waals surface area contributed by atoms with E-state index in [1.165, 1.54) is 25.9 Å². The molecule has 1 fully saturated rings. The number of likely N-dealkylation sites (tertiary alicyclic amines) is 1. The van der Waals surface area contributed by atoms with Gasteiger partial charge in [0.2, 0.25) is 0 Å². The zero-order chi connectivity index (χ0) is 12.0. The summed E-state index contributed by atoms with van der Waals surface area (Å²) < 4.78 is 0. The number of hydrogen-bond acceptors (Lipinski definition) is 2. The van der Waals surface area contributed by atoms with Crippen LogP contribution in [0.1, 0.15) is 26.7 Å². The van der Waals surface area contributed by atoms with Gasteiger partial charge in [-0.25, -0.2) is 0 Å². The van der Waals surface area contributed by atoms with Crippen LogP contribution in [0, 0.1) is 5.92 Å². The Morgan fingerprint density at radius 3 is 2.29 bits per heavy atom. The van der Waals surface area contributed by atoms with E-state index in [4.69, 9.17) is 0 Å². The predicted molar refractivity (Wildman–Crippen MR) is 85.3 cm³/mol. The molecule has 0 aliphatic carbocycles. The van der Waals surface area contributed by atoms with Crippen molar-refractivity contribution in [1.29, 1.82) is 0 Å². The van der Waals surface area contributed by atoms with Crippen LogP contribution in [0.4, 0.5) is 0 Å². The Morgan fingerprint density at radius 2 is 1.88 bits per heavy atom. The van der Waals surface area contributed by atoms with Crippen LogP contribution in [0.5, 0.6) is 0 Å². The summed E-state index contributed by atoms with van der Waals surface area (Å²) in [5.41, 5.74) is 0.